The number of rotatable bonds is 11. The van der Waals surface area contributed by atoms with E-state index < -0.39 is 76.0 Å². The number of hydrogen-bond donors (Lipinski definition) is 3. The van der Waals surface area contributed by atoms with E-state index in [0.717, 1.165) is 32.3 Å². The molecule has 3 heterocycles. The van der Waals surface area contributed by atoms with Gasteiger partial charge in [0.05, 0.1) is 10.7 Å². The molecule has 2 aromatic carbocycles. The summed E-state index contributed by atoms with van der Waals surface area (Å²) in [5, 5.41) is 27.9. The number of aromatic nitrogens is 1. The van der Waals surface area contributed by atoms with Gasteiger partial charge in [0.25, 0.3) is 22.6 Å². The lowest BCUT2D eigenvalue weighted by molar-refractivity contribution is -0.140. The number of para-hydroxylation sites is 1. The molecular formula is C32H26N4O11S3. The van der Waals surface area contributed by atoms with Gasteiger partial charge in [0, 0.05) is 18.0 Å². The van der Waals surface area contributed by atoms with Gasteiger partial charge in [-0.3, -0.25) is 47.9 Å². The van der Waals surface area contributed by atoms with Crippen LogP contribution in [-0.4, -0.2) is 91.0 Å². The first-order valence-electron chi connectivity index (χ1n) is 14.3. The lowest BCUT2D eigenvalue weighted by Crippen LogP contribution is -2.40. The zero-order valence-electron chi connectivity index (χ0n) is 26.1. The molecule has 5 rings (SSSR count). The van der Waals surface area contributed by atoms with Crippen LogP contribution in [0.1, 0.15) is 5.56 Å². The summed E-state index contributed by atoms with van der Waals surface area (Å²) >= 11 is 2.45. The monoisotopic (exact) mass is 738 g/mol. The zero-order valence-corrected chi connectivity index (χ0v) is 28.5. The number of amides is 3. The average molecular weight is 739 g/mol. The molecule has 2 aliphatic rings. The fourth-order valence-electron chi connectivity index (χ4n) is 4.93. The van der Waals surface area contributed by atoms with Crippen molar-refractivity contribution in [1.29, 1.82) is 0 Å². The smallest absolute Gasteiger partial charge is 0.323 e. The average Bonchev–Trinajstić information content (AvgIpc) is 3.66. The summed E-state index contributed by atoms with van der Waals surface area (Å²) in [6, 6.07) is 16.5. The normalized spacial score (nSPS) is 16.9. The van der Waals surface area contributed by atoms with Crippen molar-refractivity contribution in [2.24, 2.45) is 0 Å². The molecule has 0 spiro atoms. The second-order valence-electron chi connectivity index (χ2n) is 10.4. The van der Waals surface area contributed by atoms with Gasteiger partial charge in [-0.1, -0.05) is 54.2 Å². The van der Waals surface area contributed by atoms with Crippen molar-refractivity contribution in [3.05, 3.63) is 98.7 Å². The van der Waals surface area contributed by atoms with Gasteiger partial charge >= 0.3 is 17.9 Å². The molecule has 0 unspecified atom stereocenters. The van der Waals surface area contributed by atoms with Crippen LogP contribution in [0.4, 0.5) is 10.5 Å². The Labute approximate surface area is 294 Å². The van der Waals surface area contributed by atoms with E-state index in [9.17, 15) is 43.8 Å². The Kier molecular flexibility index (Phi) is 10.7. The van der Waals surface area contributed by atoms with Gasteiger partial charge in [0.2, 0.25) is 11.0 Å². The number of carboxylic acids is 3. The van der Waals surface area contributed by atoms with Crippen molar-refractivity contribution in [2.75, 3.05) is 31.3 Å². The number of aliphatic carboxylic acids is 3. The van der Waals surface area contributed by atoms with Gasteiger partial charge < -0.3 is 24.6 Å². The molecule has 15 nitrogen and oxygen atoms in total. The molecule has 3 aromatic rings. The van der Waals surface area contributed by atoms with Gasteiger partial charge in [-0.05, 0) is 47.4 Å². The predicted octanol–water partition coefficient (Wildman–Crippen LogP) is 1.92. The molecule has 3 amide bonds. The van der Waals surface area contributed by atoms with E-state index in [1.807, 2.05) is 36.2 Å². The number of hydrogen-bond acceptors (Lipinski definition) is 12. The van der Waals surface area contributed by atoms with Gasteiger partial charge in [0.1, 0.15) is 29.6 Å². The quantitative estimate of drug-likeness (QED) is 0.240. The largest absolute Gasteiger partial charge is 0.480 e. The number of benzene rings is 2. The first-order chi connectivity index (χ1) is 23.8. The Bertz CT molecular complexity index is 2190. The number of carbonyl (C=O) groups excluding carboxylic acids is 3. The zero-order chi connectivity index (χ0) is 36.3. The van der Waals surface area contributed by atoms with Crippen LogP contribution < -0.4 is 21.4 Å². The predicted molar refractivity (Wildman–Crippen MR) is 185 cm³/mol. The maximum absolute atomic E-state index is 14.1. The Balaban J connectivity index is 1.69. The minimum Gasteiger partial charge on any atom is -0.480 e. The van der Waals surface area contributed by atoms with Gasteiger partial charge in [-0.2, -0.15) is 0 Å². The molecular weight excluding hydrogens is 713 g/mol. The molecule has 50 heavy (non-hydrogen) atoms. The van der Waals surface area contributed by atoms with E-state index in [-0.39, 0.29) is 16.8 Å². The van der Waals surface area contributed by atoms with Crippen LogP contribution in [0.5, 0.6) is 0 Å². The summed E-state index contributed by atoms with van der Waals surface area (Å²) in [5.74, 6) is -6.51. The van der Waals surface area contributed by atoms with Crippen LogP contribution in [0.15, 0.2) is 85.9 Å². The standard InChI is InChI=1S/C32H26N4O11S3/c1-33-19-10-6-7-11-20(19)49-22(33)13-18(17-8-4-3-5-9-17)12-21(37)34(14-23(38)39)31(48-2)26-28(44)35(15-24(40)41)30(47-26)27-29(45)36(16-25(42)43)32(46)50-27/h3-13H,14-16H2,1-2H3,(H,38,39)(H,40,41)(H,42,43)/b18-12+,22-13?,30-27+,31-26+. The van der Waals surface area contributed by atoms with Crippen LogP contribution in [0, 0.1) is 0 Å². The highest BCUT2D eigenvalue weighted by Crippen LogP contribution is 2.45. The van der Waals surface area contributed by atoms with Crippen molar-refractivity contribution in [3.8, 4) is 0 Å². The molecule has 18 heteroatoms. The summed E-state index contributed by atoms with van der Waals surface area (Å²) in [7, 11) is 1.86. The first-order valence-corrected chi connectivity index (χ1v) is 17.2. The topological polar surface area (TPSA) is 208 Å². The molecule has 1 saturated heterocycles. The number of anilines is 1. The lowest BCUT2D eigenvalue weighted by Gasteiger charge is -2.20. The Morgan fingerprint density at radius 2 is 1.56 bits per heavy atom. The lowest BCUT2D eigenvalue weighted by atomic mass is 10.1. The minimum atomic E-state index is -1.53. The van der Waals surface area contributed by atoms with Gasteiger partial charge in [0.15, 0.2) is 0 Å². The molecule has 0 bridgehead atoms. The van der Waals surface area contributed by atoms with Crippen LogP contribution in [-0.2, 0) is 30.5 Å². The number of thioether (sulfide) groups is 3. The number of fused-ring (bicyclic) bond motifs is 1. The maximum Gasteiger partial charge on any atom is 0.323 e. The minimum absolute atomic E-state index is 0.233. The third-order valence-electron chi connectivity index (χ3n) is 7.14. The molecule has 1 fully saturated rings. The number of imide groups is 1. The van der Waals surface area contributed by atoms with Gasteiger partial charge in [-0.15, -0.1) is 11.8 Å². The summed E-state index contributed by atoms with van der Waals surface area (Å²) in [5.41, 5.74) is -0.531. The molecule has 2 aliphatic heterocycles. The molecule has 0 atom stereocenters. The highest BCUT2D eigenvalue weighted by atomic mass is 32.2. The Morgan fingerprint density at radius 1 is 0.900 bits per heavy atom. The second-order valence-corrected chi connectivity index (χ2v) is 13.2. The molecule has 3 N–H and O–H groups in total. The second kappa shape index (κ2) is 15.0. The number of carbonyl (C=O) groups is 6. The van der Waals surface area contributed by atoms with Crippen LogP contribution in [0.25, 0.3) is 15.5 Å². The Morgan fingerprint density at radius 3 is 2.18 bits per heavy atom. The molecule has 1 aromatic heterocycles. The number of nitrogens with zero attached hydrogens (tertiary/aromatic N) is 4. The van der Waals surface area contributed by atoms with E-state index in [0.29, 0.717) is 20.6 Å². The third kappa shape index (κ3) is 7.41. The third-order valence-corrected chi connectivity index (χ3v) is 10.0. The molecule has 0 radical (unpaired) electrons. The number of allylic oxidation sites excluding steroid dienone is 2. The summed E-state index contributed by atoms with van der Waals surface area (Å²) in [6.07, 6.45) is 4.39. The highest BCUT2D eigenvalue weighted by molar-refractivity contribution is 8.22. The summed E-state index contributed by atoms with van der Waals surface area (Å²) in [6.45, 7) is -3.00. The van der Waals surface area contributed by atoms with Crippen LogP contribution >= 0.6 is 35.3 Å². The fourth-order valence-corrected chi connectivity index (χ4v) is 7.59. The van der Waals surface area contributed by atoms with E-state index in [2.05, 4.69) is 0 Å². The van der Waals surface area contributed by atoms with Crippen LogP contribution in [0.3, 0.4) is 0 Å². The number of oxazole rings is 1. The van der Waals surface area contributed by atoms with E-state index >= 15 is 0 Å². The summed E-state index contributed by atoms with van der Waals surface area (Å²) < 4.78 is 6.25. The van der Waals surface area contributed by atoms with Crippen molar-refractivity contribution < 1.29 is 48.5 Å². The first kappa shape index (κ1) is 35.8. The van der Waals surface area contributed by atoms with Crippen molar-refractivity contribution in [3.63, 3.8) is 0 Å². The van der Waals surface area contributed by atoms with Gasteiger partial charge in [-0.25, -0.2) is 0 Å². The Hall–Kier alpha value is -5.46. The van der Waals surface area contributed by atoms with E-state index in [1.165, 1.54) is 24.1 Å². The molecule has 0 saturated carbocycles. The van der Waals surface area contributed by atoms with Crippen molar-refractivity contribution in [2.45, 2.75) is 11.4 Å². The van der Waals surface area contributed by atoms with E-state index in [4.69, 9.17) is 9.52 Å². The SMILES string of the molecule is CS/C(=c1/o/c(=C2/SC(=O)N(CC(=O)O)C2=O)n(CC(=O)O)c1=O)N(CC(=O)O)C(=O)/C=C(\C=C1Sc2ccccc2N1C)c1ccccc1. The fraction of sp³-hybridized carbons (Fsp3) is 0.156. The molecule has 0 aliphatic carbocycles. The van der Waals surface area contributed by atoms with Crippen molar-refractivity contribution in [1.82, 2.24) is 14.4 Å². The van der Waals surface area contributed by atoms with Crippen LogP contribution in [0.2, 0.25) is 0 Å². The van der Waals surface area contributed by atoms with E-state index in [1.54, 1.807) is 36.4 Å². The maximum atomic E-state index is 14.1. The highest BCUT2D eigenvalue weighted by Gasteiger charge is 2.39. The van der Waals surface area contributed by atoms with Crippen molar-refractivity contribution >= 4 is 91.4 Å². The molecule has 258 valence electrons. The number of carboxylic acid groups (broad SMARTS) is 3. The summed E-state index contributed by atoms with van der Waals surface area (Å²) in [4.78, 5) is 91.8.